The van der Waals surface area contributed by atoms with Crippen molar-refractivity contribution < 1.29 is 9.31 Å². The van der Waals surface area contributed by atoms with Gasteiger partial charge in [-0.25, -0.2) is 0 Å². The van der Waals surface area contributed by atoms with E-state index in [1.54, 1.807) is 0 Å². The third kappa shape index (κ3) is 1.79. The molecule has 16 heavy (non-hydrogen) atoms. The van der Waals surface area contributed by atoms with Crippen LogP contribution in [0.2, 0.25) is 5.02 Å². The number of halogens is 1. The zero-order valence-electron chi connectivity index (χ0n) is 10.4. The number of hydrogen-bond acceptors (Lipinski definition) is 2. The lowest BCUT2D eigenvalue weighted by atomic mass is 9.81. The van der Waals surface area contributed by atoms with Crippen molar-refractivity contribution in [1.29, 1.82) is 0 Å². The van der Waals surface area contributed by atoms with Gasteiger partial charge in [-0.1, -0.05) is 11.6 Å². The molecule has 1 aliphatic rings. The second kappa shape index (κ2) is 3.52. The maximum absolute atomic E-state index is 6.13. The van der Waals surface area contributed by atoms with E-state index in [2.05, 4.69) is 0 Å². The number of aryl methyl sites for hydroxylation is 1. The monoisotopic (exact) mass is 241 g/mol. The highest BCUT2D eigenvalue weighted by Gasteiger charge is 2.52. The van der Waals surface area contributed by atoms with Gasteiger partial charge in [0.2, 0.25) is 0 Å². The van der Waals surface area contributed by atoms with Crippen LogP contribution in [0.1, 0.15) is 27.7 Å². The first kappa shape index (κ1) is 12.0. The van der Waals surface area contributed by atoms with Gasteiger partial charge < -0.3 is 13.9 Å². The van der Waals surface area contributed by atoms with Crippen molar-refractivity contribution in [1.82, 2.24) is 4.57 Å². The fraction of sp³-hybridized carbons (Fsp3) is 0.636. The summed E-state index contributed by atoms with van der Waals surface area (Å²) in [4.78, 5) is 0. The van der Waals surface area contributed by atoms with Crippen LogP contribution in [0.3, 0.4) is 0 Å². The van der Waals surface area contributed by atoms with Gasteiger partial charge in [-0.3, -0.25) is 0 Å². The normalized spacial score (nSPS) is 22.8. The molecule has 0 aromatic carbocycles. The molecule has 1 aromatic heterocycles. The molecule has 0 radical (unpaired) electrons. The van der Waals surface area contributed by atoms with Crippen LogP contribution in [-0.2, 0) is 16.4 Å². The van der Waals surface area contributed by atoms with Crippen molar-refractivity contribution >= 4 is 24.2 Å². The van der Waals surface area contributed by atoms with E-state index in [9.17, 15) is 0 Å². The van der Waals surface area contributed by atoms with Gasteiger partial charge in [0.15, 0.2) is 0 Å². The lowest BCUT2D eigenvalue weighted by molar-refractivity contribution is 0.00578. The topological polar surface area (TPSA) is 23.4 Å². The van der Waals surface area contributed by atoms with Crippen molar-refractivity contribution in [2.75, 3.05) is 0 Å². The zero-order valence-corrected chi connectivity index (χ0v) is 11.1. The second-order valence-corrected chi connectivity index (χ2v) is 5.72. The van der Waals surface area contributed by atoms with E-state index in [0.29, 0.717) is 5.02 Å². The van der Waals surface area contributed by atoms with Crippen LogP contribution in [0.15, 0.2) is 12.4 Å². The maximum atomic E-state index is 6.13. The number of nitrogens with zero attached hydrogens (tertiary/aromatic N) is 1. The van der Waals surface area contributed by atoms with Gasteiger partial charge in [-0.05, 0) is 27.7 Å². The third-order valence-electron chi connectivity index (χ3n) is 3.44. The van der Waals surface area contributed by atoms with Gasteiger partial charge >= 0.3 is 7.12 Å². The molecule has 2 heterocycles. The maximum Gasteiger partial charge on any atom is 0.497 e. The SMILES string of the molecule is Cn1cc(Cl)c(B2OC(C)(C)C(C)(C)O2)c1. The average molecular weight is 242 g/mol. The van der Waals surface area contributed by atoms with Gasteiger partial charge in [0, 0.05) is 24.9 Å². The highest BCUT2D eigenvalue weighted by Crippen LogP contribution is 2.36. The summed E-state index contributed by atoms with van der Waals surface area (Å²) in [5, 5.41) is 0.681. The van der Waals surface area contributed by atoms with E-state index >= 15 is 0 Å². The molecule has 0 unspecified atom stereocenters. The molecule has 0 saturated carbocycles. The number of aromatic nitrogens is 1. The molecule has 2 rings (SSSR count). The molecule has 1 aliphatic heterocycles. The van der Waals surface area contributed by atoms with Crippen LogP contribution in [0.5, 0.6) is 0 Å². The highest BCUT2D eigenvalue weighted by atomic mass is 35.5. The van der Waals surface area contributed by atoms with Crippen molar-refractivity contribution in [2.45, 2.75) is 38.9 Å². The van der Waals surface area contributed by atoms with Crippen molar-refractivity contribution in [3.63, 3.8) is 0 Å². The largest absolute Gasteiger partial charge is 0.497 e. The minimum Gasteiger partial charge on any atom is -0.399 e. The summed E-state index contributed by atoms with van der Waals surface area (Å²) in [5.41, 5.74) is 0.246. The minimum atomic E-state index is -0.376. The van der Waals surface area contributed by atoms with Gasteiger partial charge in [0.05, 0.1) is 16.2 Å². The Kier molecular flexibility index (Phi) is 2.65. The molecule has 88 valence electrons. The molecule has 5 heteroatoms. The molecular weight excluding hydrogens is 224 g/mol. The molecule has 0 aliphatic carbocycles. The Morgan fingerprint density at radius 2 is 1.62 bits per heavy atom. The molecule has 3 nitrogen and oxygen atoms in total. The Hall–Kier alpha value is -0.445. The van der Waals surface area contributed by atoms with E-state index in [1.165, 1.54) is 0 Å². The Labute approximate surface area is 102 Å². The smallest absolute Gasteiger partial charge is 0.399 e. The van der Waals surface area contributed by atoms with E-state index in [0.717, 1.165) is 5.46 Å². The van der Waals surface area contributed by atoms with Crippen molar-refractivity contribution in [2.24, 2.45) is 7.05 Å². The van der Waals surface area contributed by atoms with Gasteiger partial charge in [0.25, 0.3) is 0 Å². The molecule has 0 atom stereocenters. The molecule has 1 fully saturated rings. The van der Waals surface area contributed by atoms with E-state index in [4.69, 9.17) is 20.9 Å². The van der Waals surface area contributed by atoms with Crippen molar-refractivity contribution in [3.8, 4) is 0 Å². The third-order valence-corrected chi connectivity index (χ3v) is 3.76. The van der Waals surface area contributed by atoms with Crippen LogP contribution < -0.4 is 5.46 Å². The fourth-order valence-corrected chi connectivity index (χ4v) is 2.01. The second-order valence-electron chi connectivity index (χ2n) is 5.32. The standard InChI is InChI=1S/C11H17BClNO2/c1-10(2)11(3,4)16-12(15-10)8-6-14(5)7-9(8)13/h6-7H,1-5H3. The van der Waals surface area contributed by atoms with Gasteiger partial charge in [-0.15, -0.1) is 0 Å². The molecule has 1 aromatic rings. The van der Waals surface area contributed by atoms with Crippen LogP contribution in [0.4, 0.5) is 0 Å². The first-order chi connectivity index (χ1) is 7.23. The molecule has 0 spiro atoms. The molecular formula is C11H17BClNO2. The quantitative estimate of drug-likeness (QED) is 0.702. The van der Waals surface area contributed by atoms with Crippen molar-refractivity contribution in [3.05, 3.63) is 17.4 Å². The fourth-order valence-electron chi connectivity index (χ4n) is 1.72. The molecule has 0 N–H and O–H groups in total. The Morgan fingerprint density at radius 1 is 1.12 bits per heavy atom. The Morgan fingerprint density at radius 3 is 2.00 bits per heavy atom. The lowest BCUT2D eigenvalue weighted by Crippen LogP contribution is -2.41. The van der Waals surface area contributed by atoms with Gasteiger partial charge in [0.1, 0.15) is 0 Å². The summed E-state index contributed by atoms with van der Waals surface area (Å²) in [6, 6.07) is 0. The summed E-state index contributed by atoms with van der Waals surface area (Å²) in [5.74, 6) is 0. The summed E-state index contributed by atoms with van der Waals surface area (Å²) in [6.07, 6.45) is 3.78. The predicted molar refractivity (Wildman–Crippen MR) is 66.1 cm³/mol. The highest BCUT2D eigenvalue weighted by molar-refractivity contribution is 6.65. The summed E-state index contributed by atoms with van der Waals surface area (Å²) in [7, 11) is 1.55. The van der Waals surface area contributed by atoms with Crippen LogP contribution in [0.25, 0.3) is 0 Å². The van der Waals surface area contributed by atoms with Gasteiger partial charge in [-0.2, -0.15) is 0 Å². The first-order valence-corrected chi connectivity index (χ1v) is 5.78. The molecule has 1 saturated heterocycles. The molecule has 0 bridgehead atoms. The Bertz CT molecular complexity index is 398. The summed E-state index contributed by atoms with van der Waals surface area (Å²) in [6.45, 7) is 8.13. The average Bonchev–Trinajstić information content (AvgIpc) is 2.51. The van der Waals surface area contributed by atoms with E-state index in [1.807, 2.05) is 51.7 Å². The first-order valence-electron chi connectivity index (χ1n) is 5.40. The lowest BCUT2D eigenvalue weighted by Gasteiger charge is -2.32. The summed E-state index contributed by atoms with van der Waals surface area (Å²) >= 11 is 6.13. The number of rotatable bonds is 1. The van der Waals surface area contributed by atoms with Crippen LogP contribution >= 0.6 is 11.6 Å². The van der Waals surface area contributed by atoms with Crippen LogP contribution in [0, 0.1) is 0 Å². The predicted octanol–water partition coefficient (Wildman–Crippen LogP) is 1.98. The van der Waals surface area contributed by atoms with E-state index < -0.39 is 0 Å². The molecule has 0 amide bonds. The minimum absolute atomic E-state index is 0.323. The van der Waals surface area contributed by atoms with E-state index in [-0.39, 0.29) is 18.3 Å². The number of hydrogen-bond donors (Lipinski definition) is 0. The van der Waals surface area contributed by atoms with Crippen LogP contribution in [-0.4, -0.2) is 22.9 Å². The Balaban J connectivity index is 2.30. The summed E-state index contributed by atoms with van der Waals surface area (Å²) < 4.78 is 13.8. The zero-order chi connectivity index (χ0) is 12.1.